The average Bonchev–Trinajstić information content (AvgIpc) is 2.59. The molecule has 1 rings (SSSR count). The Balaban J connectivity index is 2.37. The van der Waals surface area contributed by atoms with Crippen molar-refractivity contribution in [1.82, 2.24) is 15.2 Å². The SMILES string of the molecule is CCc1nc(SCC(=O)OC(C)(C)C)n[nH]1. The molecule has 0 fully saturated rings. The third kappa shape index (κ3) is 4.65. The third-order valence-corrected chi connectivity index (χ3v) is 2.41. The molecule has 0 aliphatic carbocycles. The highest BCUT2D eigenvalue weighted by Crippen LogP contribution is 2.15. The van der Waals surface area contributed by atoms with Crippen LogP contribution in [0.5, 0.6) is 0 Å². The van der Waals surface area contributed by atoms with E-state index in [0.717, 1.165) is 12.2 Å². The van der Waals surface area contributed by atoms with E-state index in [-0.39, 0.29) is 11.7 Å². The summed E-state index contributed by atoms with van der Waals surface area (Å²) in [4.78, 5) is 15.6. The molecule has 1 heterocycles. The van der Waals surface area contributed by atoms with Crippen molar-refractivity contribution < 1.29 is 9.53 Å². The highest BCUT2D eigenvalue weighted by atomic mass is 32.2. The summed E-state index contributed by atoms with van der Waals surface area (Å²) >= 11 is 1.28. The number of hydrogen-bond donors (Lipinski definition) is 1. The highest BCUT2D eigenvalue weighted by molar-refractivity contribution is 7.99. The van der Waals surface area contributed by atoms with E-state index in [9.17, 15) is 4.79 Å². The molecule has 5 nitrogen and oxygen atoms in total. The molecule has 0 saturated heterocycles. The summed E-state index contributed by atoms with van der Waals surface area (Å²) in [7, 11) is 0. The Bertz CT molecular complexity index is 357. The first kappa shape index (κ1) is 13.0. The minimum atomic E-state index is -0.439. The molecule has 0 spiro atoms. The van der Waals surface area contributed by atoms with Crippen LogP contribution in [0, 0.1) is 0 Å². The smallest absolute Gasteiger partial charge is 0.316 e. The number of esters is 1. The number of hydrogen-bond acceptors (Lipinski definition) is 5. The van der Waals surface area contributed by atoms with Gasteiger partial charge < -0.3 is 4.74 Å². The molecule has 0 bridgehead atoms. The van der Waals surface area contributed by atoms with Gasteiger partial charge in [-0.05, 0) is 20.8 Å². The lowest BCUT2D eigenvalue weighted by Crippen LogP contribution is -2.24. The van der Waals surface area contributed by atoms with Gasteiger partial charge in [0.2, 0.25) is 5.16 Å². The lowest BCUT2D eigenvalue weighted by atomic mass is 10.2. The van der Waals surface area contributed by atoms with Gasteiger partial charge in [-0.3, -0.25) is 9.89 Å². The topological polar surface area (TPSA) is 67.9 Å². The predicted octanol–water partition coefficient (Wildman–Crippen LogP) is 1.80. The number of H-pyrrole nitrogens is 1. The summed E-state index contributed by atoms with van der Waals surface area (Å²) in [6, 6.07) is 0. The Kier molecular flexibility index (Phi) is 4.35. The fourth-order valence-corrected chi connectivity index (χ4v) is 1.59. The van der Waals surface area contributed by atoms with E-state index in [0.29, 0.717) is 5.16 Å². The minimum Gasteiger partial charge on any atom is -0.459 e. The van der Waals surface area contributed by atoms with E-state index in [1.807, 2.05) is 27.7 Å². The molecule has 1 aromatic heterocycles. The number of ether oxygens (including phenoxy) is 1. The number of rotatable bonds is 4. The molecule has 16 heavy (non-hydrogen) atoms. The van der Waals surface area contributed by atoms with Gasteiger partial charge in [0.05, 0.1) is 5.75 Å². The van der Waals surface area contributed by atoms with Crippen molar-refractivity contribution in [2.24, 2.45) is 0 Å². The van der Waals surface area contributed by atoms with Crippen molar-refractivity contribution in [2.45, 2.75) is 44.9 Å². The van der Waals surface area contributed by atoms with E-state index in [4.69, 9.17) is 4.74 Å². The summed E-state index contributed by atoms with van der Waals surface area (Å²) < 4.78 is 5.17. The van der Waals surface area contributed by atoms with Crippen LogP contribution >= 0.6 is 11.8 Å². The predicted molar refractivity (Wildman–Crippen MR) is 62.3 cm³/mol. The maximum atomic E-state index is 11.4. The Morgan fingerprint density at radius 1 is 1.50 bits per heavy atom. The van der Waals surface area contributed by atoms with Crippen molar-refractivity contribution in [2.75, 3.05) is 5.75 Å². The summed E-state index contributed by atoms with van der Waals surface area (Å²) in [5.74, 6) is 0.810. The standard InChI is InChI=1S/C10H17N3O2S/c1-5-7-11-9(13-12-7)16-6-8(14)15-10(2,3)4/h5-6H2,1-4H3,(H,11,12,13). The first-order valence-corrected chi connectivity index (χ1v) is 6.15. The van der Waals surface area contributed by atoms with E-state index < -0.39 is 5.60 Å². The molecular weight excluding hydrogens is 226 g/mol. The maximum absolute atomic E-state index is 11.4. The largest absolute Gasteiger partial charge is 0.459 e. The molecule has 1 aromatic rings. The Hall–Kier alpha value is -1.04. The van der Waals surface area contributed by atoms with Crippen LogP contribution in [-0.2, 0) is 16.0 Å². The van der Waals surface area contributed by atoms with Gasteiger partial charge in [-0.15, -0.1) is 5.10 Å². The normalized spacial score (nSPS) is 11.5. The number of aromatic amines is 1. The molecule has 0 aliphatic heterocycles. The number of thioether (sulfide) groups is 1. The van der Waals surface area contributed by atoms with Crippen molar-refractivity contribution >= 4 is 17.7 Å². The minimum absolute atomic E-state index is 0.234. The summed E-state index contributed by atoms with van der Waals surface area (Å²) in [6.45, 7) is 7.52. The number of carbonyl (C=O) groups is 1. The molecule has 0 atom stereocenters. The molecule has 90 valence electrons. The number of aromatic nitrogens is 3. The summed E-state index contributed by atoms with van der Waals surface area (Å²) in [5, 5.41) is 7.35. The van der Waals surface area contributed by atoms with Gasteiger partial charge in [-0.1, -0.05) is 18.7 Å². The molecule has 6 heteroatoms. The van der Waals surface area contributed by atoms with Crippen molar-refractivity contribution in [1.29, 1.82) is 0 Å². The van der Waals surface area contributed by atoms with Crippen molar-refractivity contribution in [3.8, 4) is 0 Å². The summed E-state index contributed by atoms with van der Waals surface area (Å²) in [5.41, 5.74) is -0.439. The first-order chi connectivity index (χ1) is 7.40. The van der Waals surface area contributed by atoms with Gasteiger partial charge in [0.1, 0.15) is 11.4 Å². The van der Waals surface area contributed by atoms with E-state index in [1.54, 1.807) is 0 Å². The second kappa shape index (κ2) is 5.34. The zero-order valence-corrected chi connectivity index (χ0v) is 10.8. The molecule has 0 amide bonds. The second-order valence-electron chi connectivity index (χ2n) is 4.29. The fraction of sp³-hybridized carbons (Fsp3) is 0.700. The zero-order chi connectivity index (χ0) is 12.2. The monoisotopic (exact) mass is 243 g/mol. The van der Waals surface area contributed by atoms with E-state index in [2.05, 4.69) is 15.2 Å². The van der Waals surface area contributed by atoms with Crippen LogP contribution in [0.4, 0.5) is 0 Å². The highest BCUT2D eigenvalue weighted by Gasteiger charge is 2.16. The lowest BCUT2D eigenvalue weighted by Gasteiger charge is -2.18. The van der Waals surface area contributed by atoms with Crippen LogP contribution in [0.25, 0.3) is 0 Å². The third-order valence-electron chi connectivity index (χ3n) is 1.59. The van der Waals surface area contributed by atoms with Gasteiger partial charge in [-0.2, -0.15) is 0 Å². The lowest BCUT2D eigenvalue weighted by molar-refractivity contribution is -0.151. The van der Waals surface area contributed by atoms with Gasteiger partial charge >= 0.3 is 5.97 Å². The average molecular weight is 243 g/mol. The molecule has 0 radical (unpaired) electrons. The van der Waals surface area contributed by atoms with E-state index >= 15 is 0 Å². The van der Waals surface area contributed by atoms with Gasteiger partial charge in [-0.25, -0.2) is 4.98 Å². The van der Waals surface area contributed by atoms with Crippen molar-refractivity contribution in [3.05, 3.63) is 5.82 Å². The Morgan fingerprint density at radius 3 is 2.69 bits per heavy atom. The molecule has 0 aliphatic rings. The Morgan fingerprint density at radius 2 is 2.19 bits per heavy atom. The zero-order valence-electron chi connectivity index (χ0n) is 10.0. The van der Waals surface area contributed by atoms with Crippen LogP contribution < -0.4 is 0 Å². The van der Waals surface area contributed by atoms with Crippen LogP contribution in [0.3, 0.4) is 0 Å². The quantitative estimate of drug-likeness (QED) is 0.645. The molecule has 0 saturated carbocycles. The van der Waals surface area contributed by atoms with Gasteiger partial charge in [0.15, 0.2) is 0 Å². The first-order valence-electron chi connectivity index (χ1n) is 5.16. The number of aryl methyl sites for hydroxylation is 1. The fourth-order valence-electron chi connectivity index (χ4n) is 0.995. The number of carbonyl (C=O) groups excluding carboxylic acids is 1. The molecule has 0 aromatic carbocycles. The van der Waals surface area contributed by atoms with Crippen LogP contribution in [0.2, 0.25) is 0 Å². The van der Waals surface area contributed by atoms with Gasteiger partial charge in [0.25, 0.3) is 0 Å². The molecule has 1 N–H and O–H groups in total. The van der Waals surface area contributed by atoms with E-state index in [1.165, 1.54) is 11.8 Å². The second-order valence-corrected chi connectivity index (χ2v) is 5.24. The Labute approximate surface area is 99.4 Å². The van der Waals surface area contributed by atoms with Crippen LogP contribution in [0.15, 0.2) is 5.16 Å². The van der Waals surface area contributed by atoms with Crippen LogP contribution in [0.1, 0.15) is 33.5 Å². The van der Waals surface area contributed by atoms with Crippen molar-refractivity contribution in [3.63, 3.8) is 0 Å². The molecular formula is C10H17N3O2S. The maximum Gasteiger partial charge on any atom is 0.316 e. The van der Waals surface area contributed by atoms with Gasteiger partial charge in [0, 0.05) is 6.42 Å². The summed E-state index contributed by atoms with van der Waals surface area (Å²) in [6.07, 6.45) is 0.806. The number of nitrogens with one attached hydrogen (secondary N) is 1. The molecule has 0 unspecified atom stereocenters. The number of nitrogens with zero attached hydrogens (tertiary/aromatic N) is 2. The van der Waals surface area contributed by atoms with Crippen LogP contribution in [-0.4, -0.2) is 32.5 Å².